The van der Waals surface area contributed by atoms with Gasteiger partial charge in [-0.05, 0) is 47.9 Å². The Hall–Kier alpha value is -4.42. The Bertz CT molecular complexity index is 1480. The highest BCUT2D eigenvalue weighted by atomic mass is 16.5. The molecular formula is C34H35N3O3. The maximum atomic E-state index is 12.4. The van der Waals surface area contributed by atoms with Gasteiger partial charge in [-0.1, -0.05) is 72.8 Å². The molecule has 0 aliphatic rings. The van der Waals surface area contributed by atoms with Crippen LogP contribution in [0.3, 0.4) is 0 Å². The average Bonchev–Trinajstić information content (AvgIpc) is 3.66. The molecule has 3 aromatic carbocycles. The maximum absolute atomic E-state index is 12.4. The van der Waals surface area contributed by atoms with Crippen molar-refractivity contribution in [2.75, 3.05) is 13.7 Å². The summed E-state index contributed by atoms with van der Waals surface area (Å²) < 4.78 is 13.0. The first kappa shape index (κ1) is 27.2. The van der Waals surface area contributed by atoms with E-state index >= 15 is 0 Å². The summed E-state index contributed by atoms with van der Waals surface area (Å²) in [7, 11) is 1.44. The first-order chi connectivity index (χ1) is 19.6. The van der Waals surface area contributed by atoms with Crippen molar-refractivity contribution in [3.63, 3.8) is 0 Å². The Kier molecular flexibility index (Phi) is 8.89. The molecule has 2 aromatic heterocycles. The molecule has 0 saturated heterocycles. The molecule has 0 amide bonds. The van der Waals surface area contributed by atoms with Crippen LogP contribution in [0.25, 0.3) is 11.5 Å². The maximum Gasteiger partial charge on any atom is 0.329 e. The summed E-state index contributed by atoms with van der Waals surface area (Å²) in [5.74, 6) is 1.29. The van der Waals surface area contributed by atoms with Crippen molar-refractivity contribution in [1.82, 2.24) is 14.5 Å². The fourth-order valence-electron chi connectivity index (χ4n) is 4.95. The molecule has 0 fully saturated rings. The van der Waals surface area contributed by atoms with E-state index in [2.05, 4.69) is 53.4 Å². The van der Waals surface area contributed by atoms with Crippen LogP contribution in [0.15, 0.2) is 114 Å². The van der Waals surface area contributed by atoms with Crippen LogP contribution in [0.2, 0.25) is 0 Å². The van der Waals surface area contributed by atoms with Gasteiger partial charge in [0.1, 0.15) is 11.8 Å². The van der Waals surface area contributed by atoms with Gasteiger partial charge in [-0.2, -0.15) is 0 Å². The number of oxazole rings is 1. The third-order valence-electron chi connectivity index (χ3n) is 7.15. The van der Waals surface area contributed by atoms with E-state index in [0.717, 1.165) is 48.6 Å². The Morgan fingerprint density at radius 3 is 2.10 bits per heavy atom. The van der Waals surface area contributed by atoms with Crippen LogP contribution in [0.4, 0.5) is 0 Å². The van der Waals surface area contributed by atoms with Crippen molar-refractivity contribution < 1.29 is 13.9 Å². The van der Waals surface area contributed by atoms with Crippen molar-refractivity contribution in [3.8, 4) is 11.5 Å². The van der Waals surface area contributed by atoms with E-state index in [0.29, 0.717) is 12.3 Å². The van der Waals surface area contributed by atoms with E-state index in [9.17, 15) is 4.79 Å². The number of hydrogen-bond acceptors (Lipinski definition) is 5. The lowest BCUT2D eigenvalue weighted by molar-refractivity contribution is -0.144. The molecule has 5 rings (SSSR count). The van der Waals surface area contributed by atoms with Gasteiger partial charge in [0.05, 0.1) is 12.8 Å². The zero-order valence-corrected chi connectivity index (χ0v) is 23.1. The van der Waals surface area contributed by atoms with Gasteiger partial charge in [0.25, 0.3) is 0 Å². The minimum atomic E-state index is -0.382. The Labute approximate surface area is 235 Å². The Morgan fingerprint density at radius 1 is 0.850 bits per heavy atom. The van der Waals surface area contributed by atoms with Gasteiger partial charge in [-0.25, -0.2) is 9.78 Å². The van der Waals surface area contributed by atoms with Crippen molar-refractivity contribution in [2.24, 2.45) is 0 Å². The number of carbonyl (C=O) groups is 1. The summed E-state index contributed by atoms with van der Waals surface area (Å²) in [5.41, 5.74) is 5.57. The molecule has 0 aliphatic carbocycles. The van der Waals surface area contributed by atoms with Crippen molar-refractivity contribution >= 4 is 5.97 Å². The lowest BCUT2D eigenvalue weighted by Gasteiger charge is -2.23. The largest absolute Gasteiger partial charge is 0.467 e. The van der Waals surface area contributed by atoms with E-state index in [1.54, 1.807) is 0 Å². The molecule has 6 heteroatoms. The quantitative estimate of drug-likeness (QED) is 0.168. The second kappa shape index (κ2) is 13.1. The fourth-order valence-corrected chi connectivity index (χ4v) is 4.95. The number of carbonyl (C=O) groups excluding carboxylic acids is 1. The van der Waals surface area contributed by atoms with Crippen LogP contribution < -0.4 is 0 Å². The van der Waals surface area contributed by atoms with Crippen molar-refractivity contribution in [3.05, 3.63) is 138 Å². The molecule has 1 unspecified atom stereocenters. The number of ether oxygens (including phenoxy) is 1. The fraction of sp³-hybridized carbons (Fsp3) is 0.235. The molecular weight excluding hydrogens is 498 g/mol. The summed E-state index contributed by atoms with van der Waals surface area (Å²) >= 11 is 0. The van der Waals surface area contributed by atoms with Gasteiger partial charge in [-0.15, -0.1) is 0 Å². The number of esters is 1. The van der Waals surface area contributed by atoms with Gasteiger partial charge < -0.3 is 13.7 Å². The molecule has 0 aliphatic heterocycles. The number of nitrogens with zero attached hydrogens (tertiary/aromatic N) is 3. The summed E-state index contributed by atoms with van der Waals surface area (Å²) in [4.78, 5) is 19.7. The number of aromatic nitrogens is 2. The smallest absolute Gasteiger partial charge is 0.329 e. The molecule has 0 radical (unpaired) electrons. The number of hydrogen-bond donors (Lipinski definition) is 0. The number of benzene rings is 3. The third kappa shape index (κ3) is 6.96. The van der Waals surface area contributed by atoms with Crippen molar-refractivity contribution in [2.45, 2.75) is 38.9 Å². The normalized spacial score (nSPS) is 12.0. The summed E-state index contributed by atoms with van der Waals surface area (Å²) in [6.45, 7) is 4.47. The van der Waals surface area contributed by atoms with Gasteiger partial charge in [0.15, 0.2) is 0 Å². The minimum absolute atomic E-state index is 0.243. The Morgan fingerprint density at radius 2 is 1.45 bits per heavy atom. The molecule has 0 bridgehead atoms. The highest BCUT2D eigenvalue weighted by Crippen LogP contribution is 2.23. The molecule has 5 aromatic rings. The Balaban J connectivity index is 1.28. The van der Waals surface area contributed by atoms with E-state index < -0.39 is 0 Å². The minimum Gasteiger partial charge on any atom is -0.467 e. The second-order valence-corrected chi connectivity index (χ2v) is 10.0. The summed E-state index contributed by atoms with van der Waals surface area (Å²) in [6.07, 6.45) is 5.17. The molecule has 1 atom stereocenters. The van der Waals surface area contributed by atoms with Gasteiger partial charge in [0, 0.05) is 50.4 Å². The summed E-state index contributed by atoms with van der Waals surface area (Å²) in [6, 6.07) is 32.6. The lowest BCUT2D eigenvalue weighted by Crippen LogP contribution is -2.25. The monoisotopic (exact) mass is 533 g/mol. The predicted molar refractivity (Wildman–Crippen MR) is 157 cm³/mol. The predicted octanol–water partition coefficient (Wildman–Crippen LogP) is 6.65. The van der Waals surface area contributed by atoms with E-state index in [4.69, 9.17) is 14.1 Å². The highest BCUT2D eigenvalue weighted by molar-refractivity contribution is 5.74. The standard InChI is InChI=1S/C34H35N3O3/c1-26-31(35-33(40-26)30-13-7-4-8-14-30)19-22-36(24-28-11-5-3-6-12-28)25-29-17-15-27(16-18-29)23-32(34(38)39-2)37-20-9-10-21-37/h3-18,20-21,32H,19,22-25H2,1-2H3. The van der Waals surface area contributed by atoms with E-state index in [1.165, 1.54) is 18.2 Å². The first-order valence-corrected chi connectivity index (χ1v) is 13.6. The third-order valence-corrected chi connectivity index (χ3v) is 7.15. The molecule has 0 N–H and O–H groups in total. The number of rotatable bonds is 12. The highest BCUT2D eigenvalue weighted by Gasteiger charge is 2.21. The van der Waals surface area contributed by atoms with Gasteiger partial charge in [0.2, 0.25) is 5.89 Å². The number of methoxy groups -OCH3 is 1. The van der Waals surface area contributed by atoms with Crippen LogP contribution in [-0.4, -0.2) is 34.1 Å². The second-order valence-electron chi connectivity index (χ2n) is 10.0. The molecule has 0 saturated carbocycles. The summed E-state index contributed by atoms with van der Waals surface area (Å²) in [5, 5.41) is 0. The molecule has 0 spiro atoms. The lowest BCUT2D eigenvalue weighted by atomic mass is 10.0. The van der Waals surface area contributed by atoms with E-state index in [-0.39, 0.29) is 12.0 Å². The molecule has 204 valence electrons. The van der Waals surface area contributed by atoms with Crippen molar-refractivity contribution in [1.29, 1.82) is 0 Å². The van der Waals surface area contributed by atoms with Crippen LogP contribution in [0, 0.1) is 6.92 Å². The van der Waals surface area contributed by atoms with Crippen LogP contribution in [-0.2, 0) is 35.5 Å². The van der Waals surface area contributed by atoms with Gasteiger partial charge >= 0.3 is 5.97 Å². The molecule has 6 nitrogen and oxygen atoms in total. The first-order valence-electron chi connectivity index (χ1n) is 13.6. The molecule has 2 heterocycles. The SMILES string of the molecule is COC(=O)C(Cc1ccc(CN(CCc2nc(-c3ccccc3)oc2C)Cc2ccccc2)cc1)n1cccc1. The topological polar surface area (TPSA) is 60.5 Å². The van der Waals surface area contributed by atoms with E-state index in [1.807, 2.05) is 72.4 Å². The number of aryl methyl sites for hydroxylation is 1. The average molecular weight is 534 g/mol. The van der Waals surface area contributed by atoms with Crippen LogP contribution in [0.5, 0.6) is 0 Å². The zero-order chi connectivity index (χ0) is 27.7. The van der Waals surface area contributed by atoms with Crippen LogP contribution >= 0.6 is 0 Å². The van der Waals surface area contributed by atoms with Crippen LogP contribution in [0.1, 0.15) is 34.2 Å². The van der Waals surface area contributed by atoms with Gasteiger partial charge in [-0.3, -0.25) is 4.90 Å². The zero-order valence-electron chi connectivity index (χ0n) is 23.1. The molecule has 40 heavy (non-hydrogen) atoms.